The van der Waals surface area contributed by atoms with Crippen LogP contribution >= 0.6 is 0 Å². The molecule has 7 nitrogen and oxygen atoms in total. The minimum atomic E-state index is -3.68. The Balaban J connectivity index is 4.39. The van der Waals surface area contributed by atoms with Crippen molar-refractivity contribution in [3.05, 3.63) is 0 Å². The molecule has 0 aliphatic heterocycles. The van der Waals surface area contributed by atoms with Gasteiger partial charge >= 0.3 is 5.97 Å². The second-order valence-electron chi connectivity index (χ2n) is 3.71. The van der Waals surface area contributed by atoms with Gasteiger partial charge in [0.1, 0.15) is 0 Å². The van der Waals surface area contributed by atoms with Crippen molar-refractivity contribution in [3.8, 4) is 0 Å². The van der Waals surface area contributed by atoms with Gasteiger partial charge in [-0.1, -0.05) is 6.92 Å². The van der Waals surface area contributed by atoms with E-state index in [0.29, 0.717) is 12.8 Å². The highest BCUT2D eigenvalue weighted by molar-refractivity contribution is 7.87. The fourth-order valence-corrected chi connectivity index (χ4v) is 2.39. The molecule has 8 heteroatoms. The zero-order valence-corrected chi connectivity index (χ0v) is 10.9. The molecule has 0 spiro atoms. The molecule has 3 N–H and O–H groups in total. The molecular weight excluding hydrogens is 248 g/mol. The average Bonchev–Trinajstić information content (AvgIpc) is 2.24. The van der Waals surface area contributed by atoms with E-state index in [1.165, 1.54) is 7.05 Å². The monoisotopic (exact) mass is 268 g/mol. The van der Waals surface area contributed by atoms with Gasteiger partial charge in [0.15, 0.2) is 0 Å². The quantitative estimate of drug-likeness (QED) is 0.517. The maximum absolute atomic E-state index is 11.7. The lowest BCUT2D eigenvalue weighted by atomic mass is 10.2. The number of carboxylic acids is 1. The first-order valence-electron chi connectivity index (χ1n) is 5.39. The number of aliphatic hydroxyl groups is 1. The first-order valence-corrected chi connectivity index (χ1v) is 6.83. The third-order valence-electron chi connectivity index (χ3n) is 2.34. The van der Waals surface area contributed by atoms with E-state index in [4.69, 9.17) is 10.2 Å². The van der Waals surface area contributed by atoms with Gasteiger partial charge in [0.2, 0.25) is 0 Å². The van der Waals surface area contributed by atoms with Gasteiger partial charge in [-0.15, -0.1) is 0 Å². The topological polar surface area (TPSA) is 107 Å². The van der Waals surface area contributed by atoms with Crippen LogP contribution in [0.4, 0.5) is 0 Å². The summed E-state index contributed by atoms with van der Waals surface area (Å²) in [5.41, 5.74) is 0. The Kier molecular flexibility index (Phi) is 7.28. The molecule has 0 aliphatic carbocycles. The second kappa shape index (κ2) is 7.59. The number of nitrogens with zero attached hydrogens (tertiary/aromatic N) is 1. The number of carboxylic acid groups (broad SMARTS) is 1. The molecule has 1 unspecified atom stereocenters. The van der Waals surface area contributed by atoms with Gasteiger partial charge in [0, 0.05) is 26.2 Å². The van der Waals surface area contributed by atoms with Crippen molar-refractivity contribution in [2.75, 3.05) is 20.2 Å². The van der Waals surface area contributed by atoms with Crippen LogP contribution in [0, 0.1) is 0 Å². The smallest absolute Gasteiger partial charge is 0.304 e. The van der Waals surface area contributed by atoms with Crippen LogP contribution in [0.15, 0.2) is 0 Å². The first-order chi connectivity index (χ1) is 7.83. The van der Waals surface area contributed by atoms with Gasteiger partial charge < -0.3 is 10.2 Å². The summed E-state index contributed by atoms with van der Waals surface area (Å²) < 4.78 is 26.8. The molecule has 0 saturated heterocycles. The number of hydrogen-bond acceptors (Lipinski definition) is 4. The Bertz CT molecular complexity index is 330. The molecule has 0 heterocycles. The molecule has 0 bridgehead atoms. The van der Waals surface area contributed by atoms with Crippen molar-refractivity contribution >= 4 is 16.2 Å². The summed E-state index contributed by atoms with van der Waals surface area (Å²) in [6, 6.07) is -0.336. The molecule has 0 rings (SSSR count). The molecule has 102 valence electrons. The first kappa shape index (κ1) is 16.3. The lowest BCUT2D eigenvalue weighted by Crippen LogP contribution is -2.44. The summed E-state index contributed by atoms with van der Waals surface area (Å²) in [5, 5.41) is 17.2. The minimum absolute atomic E-state index is 0.0831. The number of aliphatic hydroxyl groups excluding tert-OH is 1. The normalized spacial score (nSPS) is 13.9. The van der Waals surface area contributed by atoms with Crippen LogP contribution in [0.5, 0.6) is 0 Å². The Morgan fingerprint density at radius 2 is 2.06 bits per heavy atom. The zero-order chi connectivity index (χ0) is 13.5. The lowest BCUT2D eigenvalue weighted by molar-refractivity contribution is -0.137. The highest BCUT2D eigenvalue weighted by atomic mass is 32.2. The summed E-state index contributed by atoms with van der Waals surface area (Å²) in [7, 11) is -2.36. The number of rotatable bonds is 9. The summed E-state index contributed by atoms with van der Waals surface area (Å²) >= 11 is 0. The van der Waals surface area contributed by atoms with Gasteiger partial charge in [-0.25, -0.2) is 0 Å². The fourth-order valence-electron chi connectivity index (χ4n) is 1.18. The molecule has 0 radical (unpaired) electrons. The SMILES string of the molecule is CCC(CCO)NS(=O)(=O)N(C)CCC(=O)O. The van der Waals surface area contributed by atoms with E-state index in [1.54, 1.807) is 6.92 Å². The average molecular weight is 268 g/mol. The standard InChI is InChI=1S/C9H20N2O5S/c1-3-8(5-7-12)10-17(15,16)11(2)6-4-9(13)14/h8,10,12H,3-7H2,1-2H3,(H,13,14). The number of nitrogens with one attached hydrogen (secondary N) is 1. The van der Waals surface area contributed by atoms with Crippen LogP contribution in [0.1, 0.15) is 26.2 Å². The van der Waals surface area contributed by atoms with Crippen molar-refractivity contribution in [1.82, 2.24) is 9.03 Å². The molecule has 0 amide bonds. The molecule has 0 fully saturated rings. The highest BCUT2D eigenvalue weighted by Crippen LogP contribution is 2.03. The van der Waals surface area contributed by atoms with E-state index in [0.717, 1.165) is 4.31 Å². The maximum Gasteiger partial charge on any atom is 0.304 e. The number of carbonyl (C=O) groups is 1. The highest BCUT2D eigenvalue weighted by Gasteiger charge is 2.21. The largest absolute Gasteiger partial charge is 0.481 e. The molecule has 0 aromatic carbocycles. The van der Waals surface area contributed by atoms with Crippen molar-refractivity contribution in [2.24, 2.45) is 0 Å². The van der Waals surface area contributed by atoms with Crippen LogP contribution < -0.4 is 4.72 Å². The van der Waals surface area contributed by atoms with Crippen LogP contribution in [0.2, 0.25) is 0 Å². The summed E-state index contributed by atoms with van der Waals surface area (Å²) in [6.45, 7) is 1.63. The molecular formula is C9H20N2O5S. The third-order valence-corrected chi connectivity index (χ3v) is 3.97. The maximum atomic E-state index is 11.7. The van der Waals surface area contributed by atoms with Gasteiger partial charge in [0.25, 0.3) is 10.2 Å². The van der Waals surface area contributed by atoms with E-state index < -0.39 is 16.2 Å². The Labute approximate surface area is 102 Å². The van der Waals surface area contributed by atoms with Crippen molar-refractivity contribution in [1.29, 1.82) is 0 Å². The molecule has 0 aromatic rings. The van der Waals surface area contributed by atoms with Gasteiger partial charge in [0.05, 0.1) is 6.42 Å². The molecule has 0 saturated carbocycles. The van der Waals surface area contributed by atoms with Crippen LogP contribution in [-0.4, -0.2) is 55.1 Å². The zero-order valence-electron chi connectivity index (χ0n) is 10.1. The van der Waals surface area contributed by atoms with E-state index in [1.807, 2.05) is 0 Å². The van der Waals surface area contributed by atoms with E-state index in [-0.39, 0.29) is 25.6 Å². The Morgan fingerprint density at radius 1 is 1.47 bits per heavy atom. The minimum Gasteiger partial charge on any atom is -0.481 e. The predicted molar refractivity (Wildman–Crippen MR) is 62.7 cm³/mol. The van der Waals surface area contributed by atoms with Crippen LogP contribution in [0.3, 0.4) is 0 Å². The van der Waals surface area contributed by atoms with Gasteiger partial charge in [-0.3, -0.25) is 4.79 Å². The number of aliphatic carboxylic acids is 1. The second-order valence-corrected chi connectivity index (χ2v) is 5.51. The van der Waals surface area contributed by atoms with E-state index in [2.05, 4.69) is 4.72 Å². The van der Waals surface area contributed by atoms with E-state index >= 15 is 0 Å². The summed E-state index contributed by atoms with van der Waals surface area (Å²) in [6.07, 6.45) is 0.656. The van der Waals surface area contributed by atoms with Crippen molar-refractivity contribution < 1.29 is 23.4 Å². The van der Waals surface area contributed by atoms with Crippen LogP contribution in [0.25, 0.3) is 0 Å². The summed E-state index contributed by atoms with van der Waals surface area (Å²) in [5.74, 6) is -1.05. The van der Waals surface area contributed by atoms with Crippen molar-refractivity contribution in [2.45, 2.75) is 32.2 Å². The van der Waals surface area contributed by atoms with Gasteiger partial charge in [-0.2, -0.15) is 17.4 Å². The Hall–Kier alpha value is -0.700. The van der Waals surface area contributed by atoms with E-state index in [9.17, 15) is 13.2 Å². The van der Waals surface area contributed by atoms with Crippen molar-refractivity contribution in [3.63, 3.8) is 0 Å². The van der Waals surface area contributed by atoms with Gasteiger partial charge in [-0.05, 0) is 12.8 Å². The Morgan fingerprint density at radius 3 is 2.47 bits per heavy atom. The third kappa shape index (κ3) is 6.57. The number of hydrogen-bond donors (Lipinski definition) is 3. The van der Waals surface area contributed by atoms with Crippen LogP contribution in [-0.2, 0) is 15.0 Å². The molecule has 0 aromatic heterocycles. The summed E-state index contributed by atoms with van der Waals surface area (Å²) in [4.78, 5) is 10.3. The molecule has 0 aliphatic rings. The molecule has 17 heavy (non-hydrogen) atoms. The fraction of sp³-hybridized carbons (Fsp3) is 0.889. The predicted octanol–water partition coefficient (Wildman–Crippen LogP) is -0.612. The lowest BCUT2D eigenvalue weighted by Gasteiger charge is -2.21. The molecule has 1 atom stereocenters.